The standard InChI is InChI=1S/C17H15N5O2/c1-10-6-12(7-13-16(10)20-9-19-13)17-21-15(24-22-17)5-3-11-2-4-14(23)18-8-11/h2,4,6-9H,3,5H2,1H3,(H,18,23)(H,19,20). The molecule has 4 aromatic rings. The maximum absolute atomic E-state index is 11.1. The fourth-order valence-electron chi connectivity index (χ4n) is 2.68. The molecular weight excluding hydrogens is 306 g/mol. The minimum absolute atomic E-state index is 0.108. The molecule has 0 aliphatic carbocycles. The van der Waals surface area contributed by atoms with E-state index in [9.17, 15) is 4.79 Å². The third kappa shape index (κ3) is 2.71. The predicted octanol–water partition coefficient (Wildman–Crippen LogP) is 2.39. The van der Waals surface area contributed by atoms with E-state index in [2.05, 4.69) is 25.1 Å². The van der Waals surface area contributed by atoms with E-state index in [1.807, 2.05) is 19.1 Å². The van der Waals surface area contributed by atoms with E-state index in [1.165, 1.54) is 6.07 Å². The van der Waals surface area contributed by atoms with Crippen molar-refractivity contribution in [3.8, 4) is 11.4 Å². The van der Waals surface area contributed by atoms with Crippen molar-refractivity contribution in [3.05, 3.63) is 64.2 Å². The molecule has 0 spiro atoms. The lowest BCUT2D eigenvalue weighted by atomic mass is 10.1. The Hall–Kier alpha value is -3.22. The van der Waals surface area contributed by atoms with Gasteiger partial charge in [-0.3, -0.25) is 4.79 Å². The zero-order valence-electron chi connectivity index (χ0n) is 13.0. The van der Waals surface area contributed by atoms with Crippen molar-refractivity contribution in [2.24, 2.45) is 0 Å². The normalized spacial score (nSPS) is 11.2. The summed E-state index contributed by atoms with van der Waals surface area (Å²) in [5.41, 5.74) is 4.75. The van der Waals surface area contributed by atoms with E-state index in [-0.39, 0.29) is 5.56 Å². The molecule has 0 aliphatic heterocycles. The van der Waals surface area contributed by atoms with Gasteiger partial charge in [0, 0.05) is 24.2 Å². The third-order valence-electron chi connectivity index (χ3n) is 3.92. The molecule has 0 fully saturated rings. The first kappa shape index (κ1) is 14.4. The van der Waals surface area contributed by atoms with Crippen LogP contribution in [0.25, 0.3) is 22.4 Å². The number of benzene rings is 1. The van der Waals surface area contributed by atoms with Gasteiger partial charge in [0.25, 0.3) is 0 Å². The van der Waals surface area contributed by atoms with Crippen LogP contribution in [-0.4, -0.2) is 25.1 Å². The SMILES string of the molecule is Cc1cc(-c2noc(CCc3ccc(=O)[nH]c3)n2)cc2[nH]cnc12. The molecule has 3 heterocycles. The van der Waals surface area contributed by atoms with E-state index in [0.717, 1.165) is 34.1 Å². The Morgan fingerprint density at radius 1 is 1.17 bits per heavy atom. The van der Waals surface area contributed by atoms with Gasteiger partial charge < -0.3 is 14.5 Å². The minimum atomic E-state index is -0.108. The van der Waals surface area contributed by atoms with Crippen molar-refractivity contribution < 1.29 is 4.52 Å². The van der Waals surface area contributed by atoms with Crippen LogP contribution in [0.15, 0.2) is 46.1 Å². The third-order valence-corrected chi connectivity index (χ3v) is 3.92. The summed E-state index contributed by atoms with van der Waals surface area (Å²) in [4.78, 5) is 25.6. The summed E-state index contributed by atoms with van der Waals surface area (Å²) in [5, 5.41) is 4.07. The smallest absolute Gasteiger partial charge is 0.247 e. The van der Waals surface area contributed by atoms with Gasteiger partial charge in [-0.05, 0) is 36.6 Å². The maximum Gasteiger partial charge on any atom is 0.247 e. The zero-order chi connectivity index (χ0) is 16.5. The number of hydrogen-bond donors (Lipinski definition) is 2. The van der Waals surface area contributed by atoms with Gasteiger partial charge in [-0.2, -0.15) is 4.98 Å². The lowest BCUT2D eigenvalue weighted by Gasteiger charge is -1.99. The van der Waals surface area contributed by atoms with Crippen LogP contribution in [-0.2, 0) is 12.8 Å². The van der Waals surface area contributed by atoms with Gasteiger partial charge in [0.15, 0.2) is 0 Å². The van der Waals surface area contributed by atoms with Gasteiger partial charge in [0.05, 0.1) is 17.4 Å². The lowest BCUT2D eigenvalue weighted by molar-refractivity contribution is 0.379. The van der Waals surface area contributed by atoms with E-state index >= 15 is 0 Å². The van der Waals surface area contributed by atoms with Gasteiger partial charge in [-0.1, -0.05) is 11.2 Å². The molecule has 0 saturated heterocycles. The molecule has 0 bridgehead atoms. The summed E-state index contributed by atoms with van der Waals surface area (Å²) in [6.45, 7) is 2.00. The number of rotatable bonds is 4. The summed E-state index contributed by atoms with van der Waals surface area (Å²) in [5.74, 6) is 1.13. The van der Waals surface area contributed by atoms with Gasteiger partial charge >= 0.3 is 0 Å². The second kappa shape index (κ2) is 5.77. The Balaban J connectivity index is 1.55. The van der Waals surface area contributed by atoms with Crippen LogP contribution in [0.2, 0.25) is 0 Å². The maximum atomic E-state index is 11.1. The predicted molar refractivity (Wildman–Crippen MR) is 88.6 cm³/mol. The second-order valence-electron chi connectivity index (χ2n) is 5.66. The van der Waals surface area contributed by atoms with Gasteiger partial charge in [0.1, 0.15) is 0 Å². The first-order valence-electron chi connectivity index (χ1n) is 7.63. The number of nitrogens with one attached hydrogen (secondary N) is 2. The van der Waals surface area contributed by atoms with E-state index in [0.29, 0.717) is 18.1 Å². The van der Waals surface area contributed by atoms with Crippen molar-refractivity contribution in [1.82, 2.24) is 25.1 Å². The second-order valence-corrected chi connectivity index (χ2v) is 5.66. The number of hydrogen-bond acceptors (Lipinski definition) is 5. The number of fused-ring (bicyclic) bond motifs is 1. The number of pyridine rings is 1. The Bertz CT molecular complexity index is 1040. The van der Waals surface area contributed by atoms with Gasteiger partial charge in [-0.25, -0.2) is 4.98 Å². The highest BCUT2D eigenvalue weighted by atomic mass is 16.5. The van der Waals surface area contributed by atoms with Crippen LogP contribution < -0.4 is 5.56 Å². The van der Waals surface area contributed by atoms with Crippen LogP contribution in [0.1, 0.15) is 17.0 Å². The molecule has 0 atom stereocenters. The van der Waals surface area contributed by atoms with E-state index in [1.54, 1.807) is 18.6 Å². The van der Waals surface area contributed by atoms with Crippen LogP contribution >= 0.6 is 0 Å². The van der Waals surface area contributed by atoms with Crippen molar-refractivity contribution in [3.63, 3.8) is 0 Å². The van der Waals surface area contributed by atoms with Crippen molar-refractivity contribution in [2.75, 3.05) is 0 Å². The highest BCUT2D eigenvalue weighted by molar-refractivity contribution is 5.83. The molecule has 1 aromatic carbocycles. The first-order valence-corrected chi connectivity index (χ1v) is 7.63. The number of aromatic amines is 2. The largest absolute Gasteiger partial charge is 0.345 e. The average Bonchev–Trinajstić information content (AvgIpc) is 3.23. The van der Waals surface area contributed by atoms with E-state index in [4.69, 9.17) is 4.52 Å². The number of aryl methyl sites for hydroxylation is 3. The summed E-state index contributed by atoms with van der Waals surface area (Å²) in [6.07, 6.45) is 4.71. The molecular formula is C17H15N5O2. The lowest BCUT2D eigenvalue weighted by Crippen LogP contribution is -2.03. The molecule has 0 saturated carbocycles. The van der Waals surface area contributed by atoms with Crippen LogP contribution in [0.3, 0.4) is 0 Å². The van der Waals surface area contributed by atoms with E-state index < -0.39 is 0 Å². The molecule has 120 valence electrons. The Labute approximate surface area is 136 Å². The van der Waals surface area contributed by atoms with Crippen molar-refractivity contribution in [1.29, 1.82) is 0 Å². The molecule has 4 rings (SSSR count). The Morgan fingerprint density at radius 2 is 2.08 bits per heavy atom. The van der Waals surface area contributed by atoms with Crippen molar-refractivity contribution in [2.45, 2.75) is 19.8 Å². The highest BCUT2D eigenvalue weighted by Gasteiger charge is 2.11. The van der Waals surface area contributed by atoms with Crippen LogP contribution in [0.4, 0.5) is 0 Å². The average molecular weight is 321 g/mol. The van der Waals surface area contributed by atoms with Crippen LogP contribution in [0.5, 0.6) is 0 Å². The quantitative estimate of drug-likeness (QED) is 0.601. The Kier molecular flexibility index (Phi) is 3.45. The molecule has 7 nitrogen and oxygen atoms in total. The highest BCUT2D eigenvalue weighted by Crippen LogP contribution is 2.23. The molecule has 2 N–H and O–H groups in total. The molecule has 0 radical (unpaired) electrons. The molecule has 7 heteroatoms. The number of aromatic nitrogens is 5. The summed E-state index contributed by atoms with van der Waals surface area (Å²) < 4.78 is 5.34. The molecule has 0 aliphatic rings. The number of nitrogens with zero attached hydrogens (tertiary/aromatic N) is 3. The summed E-state index contributed by atoms with van der Waals surface area (Å²) in [6, 6.07) is 7.27. The zero-order valence-corrected chi connectivity index (χ0v) is 13.0. The summed E-state index contributed by atoms with van der Waals surface area (Å²) in [7, 11) is 0. The topological polar surface area (TPSA) is 100 Å². The minimum Gasteiger partial charge on any atom is -0.345 e. The number of imidazole rings is 1. The fraction of sp³-hybridized carbons (Fsp3) is 0.176. The fourth-order valence-corrected chi connectivity index (χ4v) is 2.68. The molecule has 0 unspecified atom stereocenters. The molecule has 0 amide bonds. The molecule has 24 heavy (non-hydrogen) atoms. The Morgan fingerprint density at radius 3 is 2.92 bits per heavy atom. The number of H-pyrrole nitrogens is 2. The monoisotopic (exact) mass is 321 g/mol. The van der Waals surface area contributed by atoms with Crippen molar-refractivity contribution >= 4 is 11.0 Å². The van der Waals surface area contributed by atoms with Gasteiger partial charge in [-0.15, -0.1) is 0 Å². The van der Waals surface area contributed by atoms with Gasteiger partial charge in [0.2, 0.25) is 17.3 Å². The first-order chi connectivity index (χ1) is 11.7. The summed E-state index contributed by atoms with van der Waals surface area (Å²) >= 11 is 0. The van der Waals surface area contributed by atoms with Crippen LogP contribution in [0, 0.1) is 6.92 Å². The molecule has 3 aromatic heterocycles.